The first kappa shape index (κ1) is 13.6. The Balaban J connectivity index is 0.00000133. The molecule has 0 bridgehead atoms. The Morgan fingerprint density at radius 3 is 2.42 bits per heavy atom. The molecular weight excluding hydrogens is 425 g/mol. The van der Waals surface area contributed by atoms with Crippen molar-refractivity contribution in [2.45, 2.75) is 0 Å². The van der Waals surface area contributed by atoms with Crippen molar-refractivity contribution in [3.8, 4) is 17.1 Å². The van der Waals surface area contributed by atoms with E-state index in [4.69, 9.17) is 4.42 Å². The van der Waals surface area contributed by atoms with Crippen molar-refractivity contribution in [2.75, 3.05) is 0 Å². The van der Waals surface area contributed by atoms with Gasteiger partial charge in [0.25, 0.3) is 0 Å². The van der Waals surface area contributed by atoms with Gasteiger partial charge in [0.1, 0.15) is 22.5 Å². The van der Waals surface area contributed by atoms with Crippen molar-refractivity contribution in [2.24, 2.45) is 0 Å². The number of benzene rings is 2. The van der Waals surface area contributed by atoms with Gasteiger partial charge in [-0.05, 0) is 12.1 Å². The first-order valence-corrected chi connectivity index (χ1v) is 5.57. The molecule has 0 aliphatic carbocycles. The molecule has 0 spiro atoms. The van der Waals surface area contributed by atoms with Crippen molar-refractivity contribution >= 4 is 11.0 Å². The van der Waals surface area contributed by atoms with Crippen LogP contribution in [0, 0.1) is 0 Å². The fourth-order valence-corrected chi connectivity index (χ4v) is 1.94. The van der Waals surface area contributed by atoms with Crippen molar-refractivity contribution < 1.29 is 31.9 Å². The number of fused-ring (bicyclic) bond motifs is 1. The van der Waals surface area contributed by atoms with E-state index in [9.17, 15) is 9.90 Å². The second kappa shape index (κ2) is 5.45. The number of hydrogen-bond acceptors (Lipinski definition) is 3. The predicted octanol–water partition coefficient (Wildman–Crippen LogP) is 3.16. The zero-order valence-electron chi connectivity index (χ0n) is 9.76. The fraction of sp³-hybridized carbons (Fsp3) is 0. The van der Waals surface area contributed by atoms with Gasteiger partial charge in [0.05, 0.1) is 0 Å². The van der Waals surface area contributed by atoms with E-state index in [0.717, 1.165) is 5.56 Å². The molecule has 1 N–H and O–H groups in total. The third-order valence-electron chi connectivity index (χ3n) is 2.79. The molecule has 1 heterocycles. The van der Waals surface area contributed by atoms with Gasteiger partial charge >= 0.3 is 0 Å². The summed E-state index contributed by atoms with van der Waals surface area (Å²) in [7, 11) is 0. The Bertz CT molecular complexity index is 763. The molecule has 3 aromatic rings. The van der Waals surface area contributed by atoms with Crippen LogP contribution in [0.2, 0.25) is 0 Å². The zero-order chi connectivity index (χ0) is 12.5. The van der Waals surface area contributed by atoms with Crippen LogP contribution < -0.4 is 5.43 Å². The largest absolute Gasteiger partial charge is 0.507 e. The quantitative estimate of drug-likeness (QED) is 0.598. The van der Waals surface area contributed by atoms with Crippen molar-refractivity contribution in [1.82, 2.24) is 0 Å². The van der Waals surface area contributed by atoms with Crippen LogP contribution in [0.15, 0.2) is 63.8 Å². The number of phenolic OH excluding ortho intramolecular Hbond substituents is 1. The van der Waals surface area contributed by atoms with Gasteiger partial charge in [0.2, 0.25) is 0 Å². The monoisotopic (exact) mass is 435 g/mol. The smallest absolute Gasteiger partial charge is 0.197 e. The summed E-state index contributed by atoms with van der Waals surface area (Å²) in [4.78, 5) is 12.0. The van der Waals surface area contributed by atoms with E-state index in [0.29, 0.717) is 11.3 Å². The minimum atomic E-state index is -0.242. The summed E-state index contributed by atoms with van der Waals surface area (Å²) in [5.41, 5.74) is 0.981. The molecule has 0 aliphatic heterocycles. The van der Waals surface area contributed by atoms with E-state index in [1.807, 2.05) is 30.3 Å². The van der Waals surface area contributed by atoms with Crippen LogP contribution in [0.5, 0.6) is 5.75 Å². The van der Waals surface area contributed by atoms with Crippen LogP contribution in [0.25, 0.3) is 22.3 Å². The molecule has 2 aromatic carbocycles. The standard InChI is InChI=1S/C15H10O3.Au/c16-11-7-4-8-13-15(11)12(17)9-14(18-13)10-5-2-1-3-6-10;/h1-9,16H;. The maximum atomic E-state index is 12.0. The van der Waals surface area contributed by atoms with Crippen LogP contribution in [0.4, 0.5) is 0 Å². The molecule has 0 fully saturated rings. The second-order valence-corrected chi connectivity index (χ2v) is 3.99. The molecule has 0 saturated heterocycles. The Hall–Kier alpha value is -1.81. The van der Waals surface area contributed by atoms with Gasteiger partial charge in [0.15, 0.2) is 5.43 Å². The van der Waals surface area contributed by atoms with Gasteiger partial charge in [-0.2, -0.15) is 0 Å². The van der Waals surface area contributed by atoms with Gasteiger partial charge < -0.3 is 9.52 Å². The topological polar surface area (TPSA) is 50.4 Å². The Labute approximate surface area is 125 Å². The van der Waals surface area contributed by atoms with Crippen LogP contribution in [-0.4, -0.2) is 5.11 Å². The van der Waals surface area contributed by atoms with Gasteiger partial charge in [0, 0.05) is 34.0 Å². The van der Waals surface area contributed by atoms with Crippen LogP contribution >= 0.6 is 0 Å². The van der Waals surface area contributed by atoms with Gasteiger partial charge in [-0.1, -0.05) is 36.4 Å². The minimum absolute atomic E-state index is 0. The number of phenols is 1. The summed E-state index contributed by atoms with van der Waals surface area (Å²) < 4.78 is 5.65. The van der Waals surface area contributed by atoms with Crippen LogP contribution in [-0.2, 0) is 22.4 Å². The molecule has 0 amide bonds. The van der Waals surface area contributed by atoms with E-state index >= 15 is 0 Å². The molecule has 4 heteroatoms. The van der Waals surface area contributed by atoms with Crippen LogP contribution in [0.1, 0.15) is 0 Å². The number of hydrogen-bond donors (Lipinski definition) is 1. The Kier molecular flexibility index (Phi) is 3.90. The van der Waals surface area contributed by atoms with Gasteiger partial charge in [-0.3, -0.25) is 4.79 Å². The molecule has 3 rings (SSSR count). The van der Waals surface area contributed by atoms with Crippen molar-refractivity contribution in [1.29, 1.82) is 0 Å². The second-order valence-electron chi connectivity index (χ2n) is 3.99. The summed E-state index contributed by atoms with van der Waals surface area (Å²) in [6.07, 6.45) is 0. The Morgan fingerprint density at radius 1 is 0.947 bits per heavy atom. The average Bonchev–Trinajstić information content (AvgIpc) is 2.39. The maximum absolute atomic E-state index is 12.0. The van der Waals surface area contributed by atoms with E-state index in [1.54, 1.807) is 12.1 Å². The SMILES string of the molecule is O=c1cc(-c2ccccc2)oc2cccc(O)c12.[Au]. The molecule has 3 nitrogen and oxygen atoms in total. The molecule has 1 aromatic heterocycles. The normalized spacial score (nSPS) is 10.1. The van der Waals surface area contributed by atoms with Gasteiger partial charge in [-0.25, -0.2) is 0 Å². The number of rotatable bonds is 1. The predicted molar refractivity (Wildman–Crippen MR) is 69.6 cm³/mol. The molecule has 0 atom stereocenters. The summed E-state index contributed by atoms with van der Waals surface area (Å²) >= 11 is 0. The van der Waals surface area contributed by atoms with E-state index in [-0.39, 0.29) is 38.9 Å². The zero-order valence-corrected chi connectivity index (χ0v) is 11.9. The molecular formula is C15H10AuO3. The molecule has 0 unspecified atom stereocenters. The first-order chi connectivity index (χ1) is 8.75. The van der Waals surface area contributed by atoms with E-state index in [2.05, 4.69) is 0 Å². The third kappa shape index (κ3) is 2.49. The van der Waals surface area contributed by atoms with Crippen molar-refractivity contribution in [3.05, 3.63) is 64.8 Å². The maximum Gasteiger partial charge on any atom is 0.197 e. The van der Waals surface area contributed by atoms with Gasteiger partial charge in [-0.15, -0.1) is 0 Å². The summed E-state index contributed by atoms with van der Waals surface area (Å²) in [6.45, 7) is 0. The van der Waals surface area contributed by atoms with E-state index < -0.39 is 0 Å². The first-order valence-electron chi connectivity index (χ1n) is 5.57. The summed E-state index contributed by atoms with van der Waals surface area (Å²) in [5, 5.41) is 9.87. The summed E-state index contributed by atoms with van der Waals surface area (Å²) in [5.74, 6) is 0.444. The molecule has 0 saturated carbocycles. The van der Waals surface area contributed by atoms with E-state index in [1.165, 1.54) is 12.1 Å². The molecule has 1 radical (unpaired) electrons. The number of aromatic hydroxyl groups is 1. The molecule has 0 aliphatic rings. The Morgan fingerprint density at radius 2 is 1.68 bits per heavy atom. The van der Waals surface area contributed by atoms with Crippen LogP contribution in [0.3, 0.4) is 0 Å². The van der Waals surface area contributed by atoms with Crippen molar-refractivity contribution in [3.63, 3.8) is 0 Å². The molecule has 99 valence electrons. The average molecular weight is 435 g/mol. The summed E-state index contributed by atoms with van der Waals surface area (Å²) in [6, 6.07) is 15.6. The fourth-order valence-electron chi connectivity index (χ4n) is 1.94. The minimum Gasteiger partial charge on any atom is -0.507 e. The third-order valence-corrected chi connectivity index (χ3v) is 2.79. The molecule has 19 heavy (non-hydrogen) atoms.